The lowest BCUT2D eigenvalue weighted by atomic mass is 9.92. The number of amides is 1. The average molecular weight is 478 g/mol. The highest BCUT2D eigenvalue weighted by Gasteiger charge is 2.46. The fourth-order valence-electron chi connectivity index (χ4n) is 4.20. The van der Waals surface area contributed by atoms with Gasteiger partial charge in [0.05, 0.1) is 11.6 Å². The van der Waals surface area contributed by atoms with Crippen molar-refractivity contribution >= 4 is 51.5 Å². The standard InChI is InChI=1S/C26H17Cl2NO4/c1-14-6-2-4-8-19(14)23-22(24(30)21-10-15-7-3-5-9-20(15)33-21)25(31)26(32)29(23)18-12-16(27)11-17(28)13-18/h2-13,23,31H,1H3. The summed E-state index contributed by atoms with van der Waals surface area (Å²) in [5, 5.41) is 12.3. The first-order valence-corrected chi connectivity index (χ1v) is 10.9. The fraction of sp³-hybridized carbons (Fsp3) is 0.0769. The second-order valence-corrected chi connectivity index (χ2v) is 8.67. The first-order valence-electron chi connectivity index (χ1n) is 10.2. The highest BCUT2D eigenvalue weighted by atomic mass is 35.5. The Hall–Kier alpha value is -3.54. The molecule has 0 aliphatic carbocycles. The van der Waals surface area contributed by atoms with Crippen LogP contribution in [0.3, 0.4) is 0 Å². The lowest BCUT2D eigenvalue weighted by Gasteiger charge is -2.28. The van der Waals surface area contributed by atoms with E-state index in [1.54, 1.807) is 36.4 Å². The molecule has 4 aromatic rings. The molecule has 2 heterocycles. The van der Waals surface area contributed by atoms with E-state index in [1.807, 2.05) is 43.3 Å². The SMILES string of the molecule is Cc1ccccc1C1C(C(=O)c2cc3ccccc3o2)=C(O)C(=O)N1c1cc(Cl)cc(Cl)c1. The van der Waals surface area contributed by atoms with E-state index in [4.69, 9.17) is 27.6 Å². The molecule has 0 saturated carbocycles. The monoisotopic (exact) mass is 477 g/mol. The molecule has 5 nitrogen and oxygen atoms in total. The number of halogens is 2. The second-order valence-electron chi connectivity index (χ2n) is 7.80. The third-order valence-corrected chi connectivity index (χ3v) is 6.15. The molecule has 1 N–H and O–H groups in total. The molecule has 1 aliphatic rings. The van der Waals surface area contributed by atoms with Crippen LogP contribution in [0.15, 0.2) is 88.5 Å². The maximum Gasteiger partial charge on any atom is 0.294 e. The third-order valence-electron chi connectivity index (χ3n) is 5.71. The number of hydrogen-bond acceptors (Lipinski definition) is 4. The van der Waals surface area contributed by atoms with Gasteiger partial charge in [-0.05, 0) is 48.4 Å². The summed E-state index contributed by atoms with van der Waals surface area (Å²) in [7, 11) is 0. The zero-order chi connectivity index (χ0) is 23.3. The molecule has 1 aromatic heterocycles. The van der Waals surface area contributed by atoms with Crippen molar-refractivity contribution in [2.45, 2.75) is 13.0 Å². The van der Waals surface area contributed by atoms with Gasteiger partial charge >= 0.3 is 0 Å². The Morgan fingerprint density at radius 2 is 1.64 bits per heavy atom. The molecule has 7 heteroatoms. The summed E-state index contributed by atoms with van der Waals surface area (Å²) in [6.45, 7) is 1.88. The van der Waals surface area contributed by atoms with Gasteiger partial charge in [-0.1, -0.05) is 65.7 Å². The van der Waals surface area contributed by atoms with E-state index in [2.05, 4.69) is 0 Å². The molecule has 0 saturated heterocycles. The summed E-state index contributed by atoms with van der Waals surface area (Å²) in [6.07, 6.45) is 0. The summed E-state index contributed by atoms with van der Waals surface area (Å²) in [6, 6.07) is 20.0. The Labute approximate surface area is 199 Å². The van der Waals surface area contributed by atoms with Crippen LogP contribution in [-0.4, -0.2) is 16.8 Å². The number of furan rings is 1. The van der Waals surface area contributed by atoms with Crippen LogP contribution in [0.5, 0.6) is 0 Å². The topological polar surface area (TPSA) is 70.7 Å². The van der Waals surface area contributed by atoms with E-state index in [0.717, 1.165) is 10.9 Å². The van der Waals surface area contributed by atoms with E-state index in [1.165, 1.54) is 4.90 Å². The molecule has 164 valence electrons. The van der Waals surface area contributed by atoms with Gasteiger partial charge in [-0.3, -0.25) is 14.5 Å². The number of rotatable bonds is 4. The molecular weight excluding hydrogens is 461 g/mol. The molecule has 5 rings (SSSR count). The average Bonchev–Trinajstić information content (AvgIpc) is 3.32. The minimum Gasteiger partial charge on any atom is -0.503 e. The van der Waals surface area contributed by atoms with Crippen LogP contribution in [0.25, 0.3) is 11.0 Å². The number of fused-ring (bicyclic) bond motifs is 1. The number of para-hydroxylation sites is 1. The Bertz CT molecular complexity index is 1420. The number of aryl methyl sites for hydroxylation is 1. The van der Waals surface area contributed by atoms with Crippen LogP contribution in [0.1, 0.15) is 27.7 Å². The molecule has 0 fully saturated rings. The maximum absolute atomic E-state index is 13.6. The van der Waals surface area contributed by atoms with Crippen molar-refractivity contribution in [3.63, 3.8) is 0 Å². The van der Waals surface area contributed by atoms with Crippen molar-refractivity contribution in [2.75, 3.05) is 4.90 Å². The molecule has 0 radical (unpaired) electrons. The van der Waals surface area contributed by atoms with E-state index in [9.17, 15) is 14.7 Å². The first kappa shape index (κ1) is 21.3. The summed E-state index contributed by atoms with van der Waals surface area (Å²) in [4.78, 5) is 28.3. The molecule has 0 spiro atoms. The van der Waals surface area contributed by atoms with E-state index in [-0.39, 0.29) is 11.3 Å². The van der Waals surface area contributed by atoms with E-state index < -0.39 is 23.5 Å². The number of nitrogens with zero attached hydrogens (tertiary/aromatic N) is 1. The number of ketones is 1. The molecular formula is C26H17Cl2NO4. The van der Waals surface area contributed by atoms with Gasteiger partial charge in [-0.2, -0.15) is 0 Å². The predicted octanol–water partition coefficient (Wildman–Crippen LogP) is 6.83. The fourth-order valence-corrected chi connectivity index (χ4v) is 4.71. The van der Waals surface area contributed by atoms with Crippen LogP contribution < -0.4 is 4.90 Å². The van der Waals surface area contributed by atoms with Crippen molar-refractivity contribution in [3.05, 3.63) is 111 Å². The normalized spacial score (nSPS) is 16.2. The molecule has 33 heavy (non-hydrogen) atoms. The Morgan fingerprint density at radius 3 is 2.33 bits per heavy atom. The smallest absolute Gasteiger partial charge is 0.294 e. The minimum absolute atomic E-state index is 0.0371. The Morgan fingerprint density at radius 1 is 0.970 bits per heavy atom. The van der Waals surface area contributed by atoms with Crippen LogP contribution >= 0.6 is 23.2 Å². The zero-order valence-corrected chi connectivity index (χ0v) is 18.9. The van der Waals surface area contributed by atoms with Gasteiger partial charge < -0.3 is 9.52 Å². The van der Waals surface area contributed by atoms with Crippen molar-refractivity contribution in [2.24, 2.45) is 0 Å². The summed E-state index contributed by atoms with van der Waals surface area (Å²) in [5.41, 5.74) is 2.37. The maximum atomic E-state index is 13.6. The van der Waals surface area contributed by atoms with Crippen molar-refractivity contribution < 1.29 is 19.1 Å². The van der Waals surface area contributed by atoms with Gasteiger partial charge in [0, 0.05) is 21.1 Å². The Balaban J connectivity index is 1.70. The molecule has 3 aromatic carbocycles. The quantitative estimate of drug-likeness (QED) is 0.327. The lowest BCUT2D eigenvalue weighted by Crippen LogP contribution is -2.31. The number of benzene rings is 3. The number of Topliss-reactive ketones (excluding diaryl/α,β-unsaturated/α-hetero) is 1. The molecule has 1 unspecified atom stereocenters. The number of hydrogen-bond donors (Lipinski definition) is 1. The van der Waals surface area contributed by atoms with Crippen molar-refractivity contribution in [1.82, 2.24) is 0 Å². The highest BCUT2D eigenvalue weighted by molar-refractivity contribution is 6.35. The van der Waals surface area contributed by atoms with E-state index in [0.29, 0.717) is 26.9 Å². The number of carbonyl (C=O) groups excluding carboxylic acids is 2. The van der Waals surface area contributed by atoms with Crippen LogP contribution in [-0.2, 0) is 4.79 Å². The molecule has 1 atom stereocenters. The van der Waals surface area contributed by atoms with Gasteiger partial charge in [0.2, 0.25) is 5.78 Å². The first-order chi connectivity index (χ1) is 15.8. The summed E-state index contributed by atoms with van der Waals surface area (Å²) in [5.74, 6) is -1.89. The van der Waals surface area contributed by atoms with Gasteiger partial charge in [-0.15, -0.1) is 0 Å². The van der Waals surface area contributed by atoms with Crippen LogP contribution in [0.2, 0.25) is 10.0 Å². The van der Waals surface area contributed by atoms with Crippen LogP contribution in [0, 0.1) is 6.92 Å². The number of aliphatic hydroxyl groups excluding tert-OH is 1. The predicted molar refractivity (Wildman–Crippen MR) is 128 cm³/mol. The number of carbonyl (C=O) groups is 2. The second kappa shape index (κ2) is 8.10. The molecule has 0 bridgehead atoms. The van der Waals surface area contributed by atoms with Gasteiger partial charge in [-0.25, -0.2) is 0 Å². The number of aliphatic hydroxyl groups is 1. The molecule has 1 amide bonds. The minimum atomic E-state index is -0.894. The van der Waals surface area contributed by atoms with Gasteiger partial charge in [0.15, 0.2) is 11.5 Å². The van der Waals surface area contributed by atoms with Gasteiger partial charge in [0.25, 0.3) is 5.91 Å². The summed E-state index contributed by atoms with van der Waals surface area (Å²) < 4.78 is 5.75. The van der Waals surface area contributed by atoms with Crippen molar-refractivity contribution in [1.29, 1.82) is 0 Å². The Kier molecular flexibility index (Phi) is 5.23. The summed E-state index contributed by atoms with van der Waals surface area (Å²) >= 11 is 12.4. The lowest BCUT2D eigenvalue weighted by molar-refractivity contribution is -0.117. The van der Waals surface area contributed by atoms with E-state index >= 15 is 0 Å². The highest BCUT2D eigenvalue weighted by Crippen LogP contribution is 2.44. The van der Waals surface area contributed by atoms with Gasteiger partial charge in [0.1, 0.15) is 5.58 Å². The van der Waals surface area contributed by atoms with Crippen molar-refractivity contribution in [3.8, 4) is 0 Å². The largest absolute Gasteiger partial charge is 0.503 e. The number of anilines is 1. The zero-order valence-electron chi connectivity index (χ0n) is 17.4. The molecule has 1 aliphatic heterocycles. The third kappa shape index (κ3) is 3.59. The van der Waals surface area contributed by atoms with Crippen LogP contribution in [0.4, 0.5) is 5.69 Å².